The molecule has 0 radical (unpaired) electrons. The van der Waals surface area contributed by atoms with Crippen molar-refractivity contribution in [2.75, 3.05) is 13.7 Å². The van der Waals surface area contributed by atoms with Crippen LogP contribution >= 0.6 is 22.9 Å². The summed E-state index contributed by atoms with van der Waals surface area (Å²) in [4.78, 5) is 4.20. The molecule has 2 unspecified atom stereocenters. The first kappa shape index (κ1) is 25.8. The van der Waals surface area contributed by atoms with Gasteiger partial charge in [-0.1, -0.05) is 16.8 Å². The molecule has 1 saturated heterocycles. The van der Waals surface area contributed by atoms with Crippen LogP contribution in [0.4, 0.5) is 13.2 Å². The van der Waals surface area contributed by atoms with Gasteiger partial charge in [0.1, 0.15) is 41.2 Å². The Hall–Kier alpha value is -2.88. The lowest BCUT2D eigenvalue weighted by molar-refractivity contribution is -0.216. The molecule has 3 aromatic heterocycles. The maximum atomic E-state index is 13.8. The Labute approximate surface area is 216 Å². The van der Waals surface area contributed by atoms with Crippen LogP contribution in [0.1, 0.15) is 23.4 Å². The molecule has 15 heteroatoms. The second kappa shape index (κ2) is 10.1. The summed E-state index contributed by atoms with van der Waals surface area (Å²) >= 11 is 7.39. The van der Waals surface area contributed by atoms with Crippen molar-refractivity contribution >= 4 is 22.9 Å². The van der Waals surface area contributed by atoms with E-state index in [-0.39, 0.29) is 16.4 Å². The summed E-state index contributed by atoms with van der Waals surface area (Å²) in [5.41, 5.74) is -0.616. The van der Waals surface area contributed by atoms with E-state index in [0.29, 0.717) is 10.7 Å². The van der Waals surface area contributed by atoms with E-state index in [1.54, 1.807) is 17.8 Å². The molecule has 2 N–H and O–H groups in total. The summed E-state index contributed by atoms with van der Waals surface area (Å²) < 4.78 is 55.6. The number of aromatic nitrogens is 6. The zero-order valence-electron chi connectivity index (χ0n) is 19.0. The lowest BCUT2D eigenvalue weighted by atomic mass is 9.90. The Morgan fingerprint density at radius 3 is 2.73 bits per heavy atom. The first-order chi connectivity index (χ1) is 17.7. The van der Waals surface area contributed by atoms with E-state index >= 15 is 0 Å². The van der Waals surface area contributed by atoms with Gasteiger partial charge in [-0.05, 0) is 24.3 Å². The smallest absolute Gasteiger partial charge is 0.394 e. The second-order valence-corrected chi connectivity index (χ2v) is 9.54. The fourth-order valence-corrected chi connectivity index (χ4v) is 5.17. The molecule has 1 aliphatic heterocycles. The number of aliphatic hydroxyl groups excluding tert-OH is 2. The highest BCUT2D eigenvalue weighted by molar-refractivity contribution is 7.13. The highest BCUT2D eigenvalue weighted by Crippen LogP contribution is 2.42. The molecule has 0 saturated carbocycles. The normalized spacial score (nSPS) is 24.5. The number of hydrogen-bond acceptors (Lipinski definition) is 9. The highest BCUT2D eigenvalue weighted by Gasteiger charge is 2.49. The average molecular weight is 557 g/mol. The van der Waals surface area contributed by atoms with Gasteiger partial charge in [-0.3, -0.25) is 0 Å². The quantitative estimate of drug-likeness (QED) is 0.371. The van der Waals surface area contributed by atoms with Crippen molar-refractivity contribution in [3.8, 4) is 16.4 Å². The van der Waals surface area contributed by atoms with E-state index in [1.165, 1.54) is 35.4 Å². The number of rotatable bonds is 6. The second-order valence-electron chi connectivity index (χ2n) is 8.21. The minimum Gasteiger partial charge on any atom is -0.394 e. The third-order valence-corrected chi connectivity index (χ3v) is 7.09. The number of ether oxygens (including phenoxy) is 2. The lowest BCUT2D eigenvalue weighted by Gasteiger charge is -2.43. The molecule has 1 fully saturated rings. The molecule has 0 spiro atoms. The van der Waals surface area contributed by atoms with Crippen LogP contribution < -0.4 is 0 Å². The summed E-state index contributed by atoms with van der Waals surface area (Å²) in [7, 11) is 1.37. The van der Waals surface area contributed by atoms with Crippen LogP contribution in [-0.2, 0) is 15.7 Å². The molecular weight excluding hydrogens is 537 g/mol. The first-order valence-corrected chi connectivity index (χ1v) is 12.2. The van der Waals surface area contributed by atoms with Gasteiger partial charge >= 0.3 is 6.18 Å². The van der Waals surface area contributed by atoms with Crippen molar-refractivity contribution in [2.45, 2.75) is 36.6 Å². The minimum atomic E-state index is -4.68. The summed E-state index contributed by atoms with van der Waals surface area (Å²) in [5, 5.41) is 35.8. The van der Waals surface area contributed by atoms with E-state index in [2.05, 4.69) is 20.4 Å². The molecular formula is C22H20ClF3N6O4S. The molecule has 5 atom stereocenters. The Balaban J connectivity index is 1.59. The molecule has 1 aliphatic rings. The van der Waals surface area contributed by atoms with Gasteiger partial charge in [0, 0.05) is 29.9 Å². The maximum Gasteiger partial charge on any atom is 0.418 e. The van der Waals surface area contributed by atoms with Crippen molar-refractivity contribution in [1.29, 1.82) is 0 Å². The van der Waals surface area contributed by atoms with Gasteiger partial charge in [0.15, 0.2) is 0 Å². The van der Waals surface area contributed by atoms with Crippen molar-refractivity contribution < 1.29 is 32.9 Å². The molecule has 196 valence electrons. The molecule has 37 heavy (non-hydrogen) atoms. The Bertz CT molecular complexity index is 1360. The van der Waals surface area contributed by atoms with E-state index in [4.69, 9.17) is 21.1 Å². The summed E-state index contributed by atoms with van der Waals surface area (Å²) in [6, 6.07) is 3.72. The van der Waals surface area contributed by atoms with Gasteiger partial charge in [0.2, 0.25) is 0 Å². The van der Waals surface area contributed by atoms with Gasteiger partial charge in [-0.15, -0.1) is 16.4 Å². The molecule has 4 aromatic rings. The predicted octanol–water partition coefficient (Wildman–Crippen LogP) is 3.31. The molecule has 0 amide bonds. The number of thiazole rings is 1. The topological polar surface area (TPSA) is 120 Å². The standard InChI is InChI=1S/C22H20ClF3N6O4S/c1-35-20-17(31-9-13(29-30-31)21-27-6-7-37-21)18(34)16(10-33)36-19(20)14-4-5-28-32(14)15-8-11(23)2-3-12(15)22(24,25)26/h2-9,16-20,33-34H,10H2,1H3/t16?,17-,18-,19-,20?/m0/s1. The number of hydrogen-bond donors (Lipinski definition) is 2. The Morgan fingerprint density at radius 2 is 2.05 bits per heavy atom. The zero-order chi connectivity index (χ0) is 26.3. The molecule has 4 heterocycles. The lowest BCUT2D eigenvalue weighted by Crippen LogP contribution is -2.53. The Morgan fingerprint density at radius 1 is 1.24 bits per heavy atom. The third-order valence-electron chi connectivity index (χ3n) is 6.06. The number of benzene rings is 1. The van der Waals surface area contributed by atoms with Crippen LogP contribution in [-0.4, -0.2) is 72.0 Å². The van der Waals surface area contributed by atoms with Crippen LogP contribution in [0.5, 0.6) is 0 Å². The molecule has 10 nitrogen and oxygen atoms in total. The number of aliphatic hydroxyl groups is 2. The van der Waals surface area contributed by atoms with E-state index < -0.39 is 48.8 Å². The van der Waals surface area contributed by atoms with Crippen molar-refractivity contribution in [3.63, 3.8) is 0 Å². The van der Waals surface area contributed by atoms with Crippen molar-refractivity contribution in [2.24, 2.45) is 0 Å². The van der Waals surface area contributed by atoms with E-state index in [1.807, 2.05) is 0 Å². The number of nitrogens with zero attached hydrogens (tertiary/aromatic N) is 6. The number of halogens is 4. The molecule has 0 bridgehead atoms. The van der Waals surface area contributed by atoms with Crippen LogP contribution in [0.3, 0.4) is 0 Å². The largest absolute Gasteiger partial charge is 0.418 e. The molecule has 5 rings (SSSR count). The average Bonchev–Trinajstić information content (AvgIpc) is 3.64. The molecule has 1 aromatic carbocycles. The fourth-order valence-electron chi connectivity index (χ4n) is 4.42. The van der Waals surface area contributed by atoms with Crippen LogP contribution in [0.2, 0.25) is 5.02 Å². The van der Waals surface area contributed by atoms with Gasteiger partial charge < -0.3 is 19.7 Å². The summed E-state index contributed by atoms with van der Waals surface area (Å²) in [6.45, 7) is -0.572. The summed E-state index contributed by atoms with van der Waals surface area (Å²) in [5.74, 6) is 0. The minimum absolute atomic E-state index is 0.0798. The first-order valence-electron chi connectivity index (χ1n) is 10.9. The molecule has 0 aliphatic carbocycles. The van der Waals surface area contributed by atoms with Crippen molar-refractivity contribution in [1.82, 2.24) is 29.8 Å². The highest BCUT2D eigenvalue weighted by atomic mass is 35.5. The van der Waals surface area contributed by atoms with Crippen molar-refractivity contribution in [3.05, 3.63) is 64.5 Å². The van der Waals surface area contributed by atoms with Gasteiger partial charge in [-0.2, -0.15) is 18.3 Å². The van der Waals surface area contributed by atoms with Gasteiger partial charge in [-0.25, -0.2) is 14.3 Å². The third kappa shape index (κ3) is 4.76. The van der Waals surface area contributed by atoms with E-state index in [0.717, 1.165) is 22.9 Å². The van der Waals surface area contributed by atoms with E-state index in [9.17, 15) is 23.4 Å². The monoisotopic (exact) mass is 556 g/mol. The Kier molecular flexibility index (Phi) is 7.04. The predicted molar refractivity (Wildman–Crippen MR) is 125 cm³/mol. The number of methoxy groups -OCH3 is 1. The van der Waals surface area contributed by atoms with Gasteiger partial charge in [0.05, 0.1) is 29.7 Å². The van der Waals surface area contributed by atoms with Gasteiger partial charge in [0.25, 0.3) is 0 Å². The fraction of sp³-hybridized carbons (Fsp3) is 0.364. The number of alkyl halides is 3. The SMILES string of the molecule is COC1[C@@H](n2cc(-c3nccs3)nn2)[C@@H](O)C(CO)O[C@H]1c1ccnn1-c1cc(Cl)ccc1C(F)(F)F. The summed E-state index contributed by atoms with van der Waals surface area (Å²) in [6.07, 6.45) is -4.61. The van der Waals surface area contributed by atoms with Crippen LogP contribution in [0.25, 0.3) is 16.4 Å². The zero-order valence-corrected chi connectivity index (χ0v) is 20.6. The van der Waals surface area contributed by atoms with Crippen LogP contribution in [0, 0.1) is 0 Å². The maximum absolute atomic E-state index is 13.8. The van der Waals surface area contributed by atoms with Crippen LogP contribution in [0.15, 0.2) is 48.2 Å².